The van der Waals surface area contributed by atoms with Crippen LogP contribution in [0.5, 0.6) is 0 Å². The number of carbonyl (C=O) groups is 2. The van der Waals surface area contributed by atoms with E-state index >= 15 is 0 Å². The lowest BCUT2D eigenvalue weighted by Gasteiger charge is -2.34. The summed E-state index contributed by atoms with van der Waals surface area (Å²) in [5, 5.41) is 0. The molecule has 0 atom stereocenters. The molecule has 0 spiro atoms. The lowest BCUT2D eigenvalue weighted by atomic mass is 9.93. The molecule has 5 nitrogen and oxygen atoms in total. The van der Waals surface area contributed by atoms with Gasteiger partial charge in [-0.05, 0) is 43.2 Å². The summed E-state index contributed by atoms with van der Waals surface area (Å²) in [6.07, 6.45) is 8.91. The molecule has 2 N–H and O–H groups in total. The molecule has 1 aliphatic rings. The number of furan rings is 1. The molecule has 126 valence electrons. The van der Waals surface area contributed by atoms with Gasteiger partial charge in [0.05, 0.1) is 12.5 Å². The summed E-state index contributed by atoms with van der Waals surface area (Å²) in [7, 11) is 0. The Bertz CT molecular complexity index is 686. The van der Waals surface area contributed by atoms with E-state index in [1.165, 1.54) is 6.42 Å². The molecule has 1 saturated carbocycles. The quantitative estimate of drug-likeness (QED) is 0.915. The highest BCUT2D eigenvalue weighted by Gasteiger charge is 2.26. The average Bonchev–Trinajstić information content (AvgIpc) is 3.13. The van der Waals surface area contributed by atoms with E-state index in [1.54, 1.807) is 36.8 Å². The first-order valence-electron chi connectivity index (χ1n) is 8.37. The van der Waals surface area contributed by atoms with Crippen LogP contribution in [0.15, 0.2) is 47.3 Å². The van der Waals surface area contributed by atoms with Crippen molar-refractivity contribution in [3.8, 4) is 0 Å². The lowest BCUT2D eigenvalue weighted by molar-refractivity contribution is 0.0613. The maximum Gasteiger partial charge on any atom is 0.254 e. The van der Waals surface area contributed by atoms with Crippen LogP contribution in [0.2, 0.25) is 0 Å². The normalized spacial score (nSPS) is 15.2. The topological polar surface area (TPSA) is 76.5 Å². The summed E-state index contributed by atoms with van der Waals surface area (Å²) in [6, 6.07) is 8.69. The summed E-state index contributed by atoms with van der Waals surface area (Å²) in [6.45, 7) is 0.539. The molecule has 1 fully saturated rings. The number of hydrogen-bond acceptors (Lipinski definition) is 3. The van der Waals surface area contributed by atoms with Crippen LogP contribution in [0.1, 0.15) is 58.4 Å². The Morgan fingerprint density at radius 1 is 1.04 bits per heavy atom. The van der Waals surface area contributed by atoms with Crippen LogP contribution in [0, 0.1) is 0 Å². The van der Waals surface area contributed by atoms with Gasteiger partial charge in [0.2, 0.25) is 5.91 Å². The lowest BCUT2D eigenvalue weighted by Crippen LogP contribution is -2.40. The summed E-state index contributed by atoms with van der Waals surface area (Å²) in [4.78, 5) is 26.2. The van der Waals surface area contributed by atoms with Gasteiger partial charge in [-0.2, -0.15) is 0 Å². The van der Waals surface area contributed by atoms with Crippen molar-refractivity contribution < 1.29 is 14.0 Å². The van der Waals surface area contributed by atoms with E-state index in [4.69, 9.17) is 10.2 Å². The highest BCUT2D eigenvalue weighted by Crippen LogP contribution is 2.26. The average molecular weight is 326 g/mol. The summed E-state index contributed by atoms with van der Waals surface area (Å²) in [5.74, 6) is -0.504. The molecule has 0 saturated heterocycles. The van der Waals surface area contributed by atoms with E-state index in [9.17, 15) is 9.59 Å². The van der Waals surface area contributed by atoms with Crippen LogP contribution in [0.25, 0.3) is 0 Å². The Kier molecular flexibility index (Phi) is 4.99. The number of nitrogens with zero attached hydrogens (tertiary/aromatic N) is 1. The summed E-state index contributed by atoms with van der Waals surface area (Å²) >= 11 is 0. The maximum atomic E-state index is 13.0. The molecule has 3 rings (SSSR count). The van der Waals surface area contributed by atoms with Crippen molar-refractivity contribution in [2.24, 2.45) is 5.73 Å². The van der Waals surface area contributed by atoms with Crippen LogP contribution >= 0.6 is 0 Å². The Hall–Kier alpha value is -2.56. The minimum atomic E-state index is -0.489. The number of nitrogens with two attached hydrogens (primary N) is 1. The van der Waals surface area contributed by atoms with E-state index in [2.05, 4.69) is 0 Å². The first-order valence-corrected chi connectivity index (χ1v) is 8.37. The summed E-state index contributed by atoms with van der Waals surface area (Å²) < 4.78 is 5.14. The van der Waals surface area contributed by atoms with Crippen molar-refractivity contribution >= 4 is 11.8 Å². The first-order chi connectivity index (χ1) is 11.6. The molecule has 1 aliphatic carbocycles. The molecule has 0 radical (unpaired) electrons. The fourth-order valence-corrected chi connectivity index (χ4v) is 3.28. The Balaban J connectivity index is 1.82. The molecule has 24 heavy (non-hydrogen) atoms. The third kappa shape index (κ3) is 3.67. The maximum absolute atomic E-state index is 13.0. The van der Waals surface area contributed by atoms with Crippen LogP contribution in [-0.2, 0) is 6.54 Å². The SMILES string of the molecule is NC(=O)c1ccc(C(=O)N(Cc2ccoc2)C2CCCCC2)cc1. The summed E-state index contributed by atoms with van der Waals surface area (Å²) in [5.41, 5.74) is 7.24. The third-order valence-corrected chi connectivity index (χ3v) is 4.63. The first kappa shape index (κ1) is 16.3. The van der Waals surface area contributed by atoms with E-state index in [-0.39, 0.29) is 11.9 Å². The van der Waals surface area contributed by atoms with Crippen LogP contribution in [-0.4, -0.2) is 22.8 Å². The zero-order chi connectivity index (χ0) is 16.9. The van der Waals surface area contributed by atoms with Gasteiger partial charge in [0.15, 0.2) is 0 Å². The number of rotatable bonds is 5. The molecule has 2 aromatic rings. The van der Waals surface area contributed by atoms with Crippen molar-refractivity contribution in [3.05, 3.63) is 59.5 Å². The largest absolute Gasteiger partial charge is 0.472 e. The van der Waals surface area contributed by atoms with Gasteiger partial charge in [0, 0.05) is 29.3 Å². The van der Waals surface area contributed by atoms with Gasteiger partial charge in [0.25, 0.3) is 5.91 Å². The van der Waals surface area contributed by atoms with Gasteiger partial charge >= 0.3 is 0 Å². The zero-order valence-electron chi connectivity index (χ0n) is 13.6. The van der Waals surface area contributed by atoms with Crippen molar-refractivity contribution in [3.63, 3.8) is 0 Å². The van der Waals surface area contributed by atoms with Crippen molar-refractivity contribution in [1.82, 2.24) is 4.90 Å². The molecule has 1 heterocycles. The van der Waals surface area contributed by atoms with Crippen LogP contribution in [0.4, 0.5) is 0 Å². The fraction of sp³-hybridized carbons (Fsp3) is 0.368. The van der Waals surface area contributed by atoms with Gasteiger partial charge in [-0.25, -0.2) is 0 Å². The predicted octanol–water partition coefficient (Wildman–Crippen LogP) is 3.35. The smallest absolute Gasteiger partial charge is 0.254 e. The van der Waals surface area contributed by atoms with Crippen LogP contribution < -0.4 is 5.73 Å². The number of carbonyl (C=O) groups excluding carboxylic acids is 2. The van der Waals surface area contributed by atoms with Gasteiger partial charge in [-0.15, -0.1) is 0 Å². The standard InChI is InChI=1S/C19H22N2O3/c20-18(22)15-6-8-16(9-7-15)19(23)21(12-14-10-11-24-13-14)17-4-2-1-3-5-17/h6-11,13,17H,1-5,12H2,(H2,20,22). The molecule has 2 amide bonds. The minimum absolute atomic E-state index is 0.0147. The molecule has 0 aliphatic heterocycles. The fourth-order valence-electron chi connectivity index (χ4n) is 3.28. The van der Waals surface area contributed by atoms with E-state index in [1.807, 2.05) is 11.0 Å². The second kappa shape index (κ2) is 7.34. The molecule has 1 aromatic carbocycles. The van der Waals surface area contributed by atoms with Gasteiger partial charge < -0.3 is 15.1 Å². The number of primary amides is 1. The van der Waals surface area contributed by atoms with Crippen molar-refractivity contribution in [1.29, 1.82) is 0 Å². The molecular formula is C19H22N2O3. The van der Waals surface area contributed by atoms with Crippen LogP contribution in [0.3, 0.4) is 0 Å². The van der Waals surface area contributed by atoms with E-state index in [0.29, 0.717) is 17.7 Å². The van der Waals surface area contributed by atoms with Crippen molar-refractivity contribution in [2.75, 3.05) is 0 Å². The second-order valence-electron chi connectivity index (χ2n) is 6.30. The number of amides is 2. The molecule has 1 aromatic heterocycles. The number of hydrogen-bond donors (Lipinski definition) is 1. The second-order valence-corrected chi connectivity index (χ2v) is 6.30. The highest BCUT2D eigenvalue weighted by atomic mass is 16.3. The van der Waals surface area contributed by atoms with Gasteiger partial charge in [-0.1, -0.05) is 19.3 Å². The van der Waals surface area contributed by atoms with Gasteiger partial charge in [-0.3, -0.25) is 9.59 Å². The molecule has 5 heteroatoms. The third-order valence-electron chi connectivity index (χ3n) is 4.63. The highest BCUT2D eigenvalue weighted by molar-refractivity contribution is 5.97. The Labute approximate surface area is 141 Å². The zero-order valence-corrected chi connectivity index (χ0v) is 13.6. The van der Waals surface area contributed by atoms with E-state index in [0.717, 1.165) is 31.2 Å². The predicted molar refractivity (Wildman–Crippen MR) is 90.4 cm³/mol. The van der Waals surface area contributed by atoms with Crippen molar-refractivity contribution in [2.45, 2.75) is 44.7 Å². The monoisotopic (exact) mass is 326 g/mol. The molecular weight excluding hydrogens is 304 g/mol. The Morgan fingerprint density at radius 2 is 1.71 bits per heavy atom. The minimum Gasteiger partial charge on any atom is -0.472 e. The van der Waals surface area contributed by atoms with Gasteiger partial charge in [0.1, 0.15) is 0 Å². The molecule has 0 unspecified atom stereocenters. The molecule has 0 bridgehead atoms. The Morgan fingerprint density at radius 3 is 2.29 bits per heavy atom. The van der Waals surface area contributed by atoms with E-state index < -0.39 is 5.91 Å². The number of benzene rings is 1.